The van der Waals surface area contributed by atoms with Gasteiger partial charge in [-0.2, -0.15) is 0 Å². The van der Waals surface area contributed by atoms with Crippen molar-refractivity contribution in [3.63, 3.8) is 0 Å². The second-order valence-electron chi connectivity index (χ2n) is 9.43. The highest BCUT2D eigenvalue weighted by Gasteiger charge is 2.39. The number of guanidine groups is 1. The monoisotopic (exact) mass is 421 g/mol. The van der Waals surface area contributed by atoms with Gasteiger partial charge in [0.2, 0.25) is 5.91 Å². The van der Waals surface area contributed by atoms with E-state index < -0.39 is 0 Å². The zero-order chi connectivity index (χ0) is 21.4. The van der Waals surface area contributed by atoms with E-state index >= 15 is 0 Å². The van der Waals surface area contributed by atoms with Gasteiger partial charge < -0.3 is 21.3 Å². The lowest BCUT2D eigenvalue weighted by Crippen LogP contribution is -2.58. The van der Waals surface area contributed by atoms with Gasteiger partial charge in [0, 0.05) is 31.2 Å². The Kier molecular flexibility index (Phi) is 8.77. The highest BCUT2D eigenvalue weighted by Crippen LogP contribution is 2.31. The van der Waals surface area contributed by atoms with Crippen LogP contribution in [0.2, 0.25) is 0 Å². The largest absolute Gasteiger partial charge is 0.369 e. The van der Waals surface area contributed by atoms with E-state index in [-0.39, 0.29) is 11.4 Å². The zero-order valence-electron chi connectivity index (χ0n) is 19.2. The van der Waals surface area contributed by atoms with Gasteiger partial charge in [-0.15, -0.1) is 0 Å². The van der Waals surface area contributed by atoms with Gasteiger partial charge >= 0.3 is 0 Å². The molecule has 1 amide bonds. The van der Waals surface area contributed by atoms with Crippen LogP contribution in [0.5, 0.6) is 0 Å². The topological polar surface area (TPSA) is 89.2 Å². The predicted octanol–water partition coefficient (Wildman–Crippen LogP) is 0.442. The van der Waals surface area contributed by atoms with Crippen LogP contribution in [0.1, 0.15) is 51.9 Å². The number of likely N-dealkylation sites (tertiary alicyclic amines) is 3. The first-order valence-electron chi connectivity index (χ1n) is 12.0. The van der Waals surface area contributed by atoms with Gasteiger partial charge in [-0.3, -0.25) is 19.6 Å². The van der Waals surface area contributed by atoms with E-state index in [9.17, 15) is 4.79 Å². The third-order valence-corrected chi connectivity index (χ3v) is 7.13. The van der Waals surface area contributed by atoms with Gasteiger partial charge in [0.1, 0.15) is 0 Å². The van der Waals surface area contributed by atoms with Crippen molar-refractivity contribution in [3.05, 3.63) is 0 Å². The van der Waals surface area contributed by atoms with E-state index in [1.54, 1.807) is 0 Å². The smallest absolute Gasteiger partial charge is 0.231 e. The Morgan fingerprint density at radius 2 is 1.73 bits per heavy atom. The Balaban J connectivity index is 1.61. The van der Waals surface area contributed by atoms with Crippen molar-refractivity contribution in [2.45, 2.75) is 63.5 Å². The van der Waals surface area contributed by atoms with Crippen LogP contribution >= 0.6 is 0 Å². The van der Waals surface area contributed by atoms with Crippen molar-refractivity contribution in [1.82, 2.24) is 25.3 Å². The minimum atomic E-state index is -0.238. The van der Waals surface area contributed by atoms with E-state index in [1.807, 2.05) is 0 Å². The molecule has 30 heavy (non-hydrogen) atoms. The molecule has 0 aromatic heterocycles. The van der Waals surface area contributed by atoms with Crippen molar-refractivity contribution in [2.24, 2.45) is 10.7 Å². The molecule has 3 aliphatic rings. The number of piperidine rings is 3. The number of amides is 1. The lowest BCUT2D eigenvalue weighted by molar-refractivity contribution is -0.119. The van der Waals surface area contributed by atoms with Gasteiger partial charge in [-0.05, 0) is 78.7 Å². The zero-order valence-corrected chi connectivity index (χ0v) is 19.2. The number of rotatable bonds is 7. The summed E-state index contributed by atoms with van der Waals surface area (Å²) in [6.07, 6.45) is 8.46. The van der Waals surface area contributed by atoms with E-state index in [2.05, 4.69) is 39.3 Å². The molecule has 3 aliphatic heterocycles. The van der Waals surface area contributed by atoms with E-state index in [0.29, 0.717) is 12.6 Å². The Bertz CT molecular complexity index is 560. The molecule has 4 N–H and O–H groups in total. The van der Waals surface area contributed by atoms with Crippen molar-refractivity contribution in [2.75, 3.05) is 66.0 Å². The summed E-state index contributed by atoms with van der Waals surface area (Å²) in [6.45, 7) is 10.8. The lowest BCUT2D eigenvalue weighted by Gasteiger charge is -2.49. The Hall–Kier alpha value is -1.38. The number of nitrogens with zero attached hydrogens (tertiary/aromatic N) is 4. The van der Waals surface area contributed by atoms with Crippen LogP contribution < -0.4 is 16.4 Å². The average molecular weight is 422 g/mol. The normalized spacial score (nSPS) is 25.2. The van der Waals surface area contributed by atoms with Crippen molar-refractivity contribution in [1.29, 1.82) is 0 Å². The Morgan fingerprint density at radius 3 is 2.33 bits per heavy atom. The summed E-state index contributed by atoms with van der Waals surface area (Å²) in [4.78, 5) is 23.6. The Morgan fingerprint density at radius 1 is 1.07 bits per heavy atom. The summed E-state index contributed by atoms with van der Waals surface area (Å²) < 4.78 is 0. The Labute approximate surface area is 182 Å². The molecule has 0 saturated carbocycles. The molecular formula is C22H43N7O. The van der Waals surface area contributed by atoms with Gasteiger partial charge in [-0.25, -0.2) is 0 Å². The number of primary amides is 1. The summed E-state index contributed by atoms with van der Waals surface area (Å²) in [5, 5.41) is 7.13. The van der Waals surface area contributed by atoms with Crippen molar-refractivity contribution < 1.29 is 4.79 Å². The SMILES string of the molecule is CCNC(=NCC1(N2CCCCC2)CCN(C)CC1)NC1CCN(CC(N)=O)CC1. The highest BCUT2D eigenvalue weighted by molar-refractivity contribution is 5.80. The molecule has 0 radical (unpaired) electrons. The maximum atomic E-state index is 11.2. The van der Waals surface area contributed by atoms with Crippen LogP contribution in [-0.2, 0) is 4.79 Å². The minimum Gasteiger partial charge on any atom is -0.369 e. The van der Waals surface area contributed by atoms with Crippen LogP contribution in [-0.4, -0.2) is 104 Å². The van der Waals surface area contributed by atoms with Gasteiger partial charge in [0.05, 0.1) is 13.1 Å². The fourth-order valence-electron chi connectivity index (χ4n) is 5.17. The summed E-state index contributed by atoms with van der Waals surface area (Å²) >= 11 is 0. The van der Waals surface area contributed by atoms with E-state index in [1.165, 1.54) is 45.2 Å². The summed E-state index contributed by atoms with van der Waals surface area (Å²) in [7, 11) is 2.24. The fourth-order valence-corrected chi connectivity index (χ4v) is 5.17. The standard InChI is InChI=1S/C22H43N7O/c1-3-24-21(26-19-7-13-28(14-8-19)17-20(23)30)25-18-22(9-15-27(2)16-10-22)29-11-5-4-6-12-29/h19H,3-18H2,1-2H3,(H2,23,30)(H2,24,25,26). The summed E-state index contributed by atoms with van der Waals surface area (Å²) in [5.74, 6) is 0.707. The summed E-state index contributed by atoms with van der Waals surface area (Å²) in [6, 6.07) is 0.398. The quantitative estimate of drug-likeness (QED) is 0.408. The molecule has 0 aliphatic carbocycles. The van der Waals surface area contributed by atoms with Crippen molar-refractivity contribution in [3.8, 4) is 0 Å². The number of nitrogens with two attached hydrogens (primary N) is 1. The molecule has 0 aromatic rings. The number of carbonyl (C=O) groups excluding carboxylic acids is 1. The molecule has 0 bridgehead atoms. The maximum absolute atomic E-state index is 11.2. The number of aliphatic imine (C=N–C) groups is 1. The van der Waals surface area contributed by atoms with Gasteiger partial charge in [0.15, 0.2) is 5.96 Å². The average Bonchev–Trinajstić information content (AvgIpc) is 2.75. The first-order chi connectivity index (χ1) is 14.5. The molecule has 0 atom stereocenters. The molecule has 3 rings (SSSR count). The second kappa shape index (κ2) is 11.3. The van der Waals surface area contributed by atoms with Crippen molar-refractivity contribution >= 4 is 11.9 Å². The molecular weight excluding hydrogens is 378 g/mol. The van der Waals surface area contributed by atoms with Crippen LogP contribution in [0.4, 0.5) is 0 Å². The first kappa shape index (κ1) is 23.3. The van der Waals surface area contributed by atoms with Crippen LogP contribution in [0.25, 0.3) is 0 Å². The van der Waals surface area contributed by atoms with E-state index in [4.69, 9.17) is 10.7 Å². The molecule has 8 nitrogen and oxygen atoms in total. The first-order valence-corrected chi connectivity index (χ1v) is 12.0. The molecule has 0 spiro atoms. The molecule has 3 saturated heterocycles. The number of carbonyl (C=O) groups is 1. The second-order valence-corrected chi connectivity index (χ2v) is 9.43. The van der Waals surface area contributed by atoms with Crippen LogP contribution in [0, 0.1) is 0 Å². The van der Waals surface area contributed by atoms with Gasteiger partial charge in [-0.1, -0.05) is 6.42 Å². The number of hydrogen-bond acceptors (Lipinski definition) is 5. The minimum absolute atomic E-state index is 0.208. The van der Waals surface area contributed by atoms with E-state index in [0.717, 1.165) is 58.1 Å². The van der Waals surface area contributed by atoms with Gasteiger partial charge in [0.25, 0.3) is 0 Å². The predicted molar refractivity (Wildman–Crippen MR) is 123 cm³/mol. The third-order valence-electron chi connectivity index (χ3n) is 7.13. The molecule has 0 aromatic carbocycles. The highest BCUT2D eigenvalue weighted by atomic mass is 16.1. The fraction of sp³-hybridized carbons (Fsp3) is 0.909. The molecule has 8 heteroatoms. The van der Waals surface area contributed by atoms with Crippen LogP contribution in [0.15, 0.2) is 4.99 Å². The maximum Gasteiger partial charge on any atom is 0.231 e. The summed E-state index contributed by atoms with van der Waals surface area (Å²) in [5.41, 5.74) is 5.55. The molecule has 3 fully saturated rings. The number of hydrogen-bond donors (Lipinski definition) is 3. The third kappa shape index (κ3) is 6.56. The number of nitrogens with one attached hydrogen (secondary N) is 2. The van der Waals surface area contributed by atoms with Crippen LogP contribution in [0.3, 0.4) is 0 Å². The lowest BCUT2D eigenvalue weighted by atomic mass is 9.84. The molecule has 0 unspecified atom stereocenters. The molecule has 3 heterocycles. The molecule has 172 valence electrons.